The predicted molar refractivity (Wildman–Crippen MR) is 106 cm³/mol. The smallest absolute Gasteiger partial charge is 0.241 e. The number of rotatable bonds is 7. The standard InChI is InChI=1S/C20H24N2O2.ClH/c1-4-11-24-19-8-6-5-7-17(19)14-22(20(23)13-21)18-10-9-15(2)16(3)12-18;/h4-10,12H,1,11,13-14,21H2,2-3H3;1H. The maximum Gasteiger partial charge on any atom is 0.241 e. The number of halogens is 1. The number of ether oxygens (including phenoxy) is 1. The Bertz CT molecular complexity index is 731. The maximum atomic E-state index is 12.4. The second-order valence-electron chi connectivity index (χ2n) is 5.66. The summed E-state index contributed by atoms with van der Waals surface area (Å²) >= 11 is 0. The van der Waals surface area contributed by atoms with Gasteiger partial charge >= 0.3 is 0 Å². The largest absolute Gasteiger partial charge is 0.489 e. The van der Waals surface area contributed by atoms with Crippen LogP contribution in [0.3, 0.4) is 0 Å². The topological polar surface area (TPSA) is 55.6 Å². The minimum Gasteiger partial charge on any atom is -0.489 e. The molecule has 0 spiro atoms. The van der Waals surface area contributed by atoms with E-state index >= 15 is 0 Å². The molecule has 0 saturated carbocycles. The minimum absolute atomic E-state index is 0. The summed E-state index contributed by atoms with van der Waals surface area (Å²) in [5, 5.41) is 0. The molecule has 0 aliphatic rings. The Hall–Kier alpha value is -2.30. The number of hydrogen-bond donors (Lipinski definition) is 1. The second kappa shape index (κ2) is 9.87. The van der Waals surface area contributed by atoms with Crippen molar-refractivity contribution in [2.75, 3.05) is 18.1 Å². The van der Waals surface area contributed by atoms with Crippen molar-refractivity contribution >= 4 is 24.0 Å². The van der Waals surface area contributed by atoms with Crippen molar-refractivity contribution in [2.24, 2.45) is 5.73 Å². The summed E-state index contributed by atoms with van der Waals surface area (Å²) in [6.07, 6.45) is 1.70. The highest BCUT2D eigenvalue weighted by atomic mass is 35.5. The molecule has 2 N–H and O–H groups in total. The Balaban J connectivity index is 0.00000312. The van der Waals surface area contributed by atoms with E-state index in [-0.39, 0.29) is 24.9 Å². The lowest BCUT2D eigenvalue weighted by Crippen LogP contribution is -2.35. The van der Waals surface area contributed by atoms with Crippen molar-refractivity contribution in [1.82, 2.24) is 0 Å². The molecule has 5 heteroatoms. The van der Waals surface area contributed by atoms with Crippen LogP contribution >= 0.6 is 12.4 Å². The molecule has 0 aromatic heterocycles. The lowest BCUT2D eigenvalue weighted by Gasteiger charge is -2.24. The van der Waals surface area contributed by atoms with Crippen LogP contribution in [-0.4, -0.2) is 19.1 Å². The summed E-state index contributed by atoms with van der Waals surface area (Å²) in [7, 11) is 0. The highest BCUT2D eigenvalue weighted by Crippen LogP contribution is 2.25. The fraction of sp³-hybridized carbons (Fsp3) is 0.250. The van der Waals surface area contributed by atoms with E-state index in [0.29, 0.717) is 13.2 Å². The van der Waals surface area contributed by atoms with Crippen LogP contribution in [0.5, 0.6) is 5.75 Å². The summed E-state index contributed by atoms with van der Waals surface area (Å²) in [5.41, 5.74) is 9.71. The molecule has 2 rings (SSSR count). The van der Waals surface area contributed by atoms with Gasteiger partial charge in [0.25, 0.3) is 0 Å². The van der Waals surface area contributed by atoms with Gasteiger partial charge in [-0.2, -0.15) is 0 Å². The van der Waals surface area contributed by atoms with Gasteiger partial charge in [-0.05, 0) is 43.2 Å². The van der Waals surface area contributed by atoms with E-state index in [1.54, 1.807) is 11.0 Å². The first-order valence-electron chi connectivity index (χ1n) is 7.96. The van der Waals surface area contributed by atoms with Crippen LogP contribution in [0.4, 0.5) is 5.69 Å². The average Bonchev–Trinajstić information content (AvgIpc) is 2.60. The normalized spacial score (nSPS) is 9.88. The molecule has 0 saturated heterocycles. The zero-order chi connectivity index (χ0) is 17.5. The second-order valence-corrected chi connectivity index (χ2v) is 5.66. The number of nitrogens with two attached hydrogens (primary N) is 1. The lowest BCUT2D eigenvalue weighted by molar-refractivity contribution is -0.117. The number of amides is 1. The van der Waals surface area contributed by atoms with Crippen LogP contribution in [0, 0.1) is 13.8 Å². The molecule has 0 aliphatic carbocycles. The molecule has 0 radical (unpaired) electrons. The fourth-order valence-corrected chi connectivity index (χ4v) is 2.42. The molecule has 0 bridgehead atoms. The first kappa shape index (κ1) is 20.7. The van der Waals surface area contributed by atoms with Gasteiger partial charge in [0.1, 0.15) is 12.4 Å². The fourth-order valence-electron chi connectivity index (χ4n) is 2.42. The third-order valence-corrected chi connectivity index (χ3v) is 3.94. The van der Waals surface area contributed by atoms with E-state index in [2.05, 4.69) is 6.58 Å². The van der Waals surface area contributed by atoms with Gasteiger partial charge in [-0.1, -0.05) is 36.9 Å². The molecular formula is C20H25ClN2O2. The summed E-state index contributed by atoms with van der Waals surface area (Å²) in [5.74, 6) is 0.618. The first-order valence-corrected chi connectivity index (χ1v) is 7.96. The van der Waals surface area contributed by atoms with Crippen LogP contribution in [0.15, 0.2) is 55.1 Å². The van der Waals surface area contributed by atoms with E-state index in [9.17, 15) is 4.79 Å². The molecular weight excluding hydrogens is 336 g/mol. The Morgan fingerprint density at radius 2 is 1.92 bits per heavy atom. The molecule has 0 unspecified atom stereocenters. The van der Waals surface area contributed by atoms with Crippen molar-refractivity contribution in [1.29, 1.82) is 0 Å². The summed E-state index contributed by atoms with van der Waals surface area (Å²) < 4.78 is 5.69. The number of aryl methyl sites for hydroxylation is 2. The zero-order valence-corrected chi connectivity index (χ0v) is 15.5. The molecule has 1 amide bonds. The molecule has 0 aliphatic heterocycles. The quantitative estimate of drug-likeness (QED) is 0.764. The van der Waals surface area contributed by atoms with E-state index < -0.39 is 0 Å². The molecule has 0 fully saturated rings. The zero-order valence-electron chi connectivity index (χ0n) is 14.7. The molecule has 134 valence electrons. The SMILES string of the molecule is C=CCOc1ccccc1CN(C(=O)CN)c1ccc(C)c(C)c1.Cl. The van der Waals surface area contributed by atoms with Gasteiger partial charge in [0, 0.05) is 11.3 Å². The van der Waals surface area contributed by atoms with Gasteiger partial charge in [-0.3, -0.25) is 4.79 Å². The number of carbonyl (C=O) groups is 1. The molecule has 2 aromatic carbocycles. The third-order valence-electron chi connectivity index (χ3n) is 3.94. The van der Waals surface area contributed by atoms with Gasteiger partial charge in [-0.15, -0.1) is 12.4 Å². The predicted octanol–water partition coefficient (Wildman–Crippen LogP) is 3.78. The highest BCUT2D eigenvalue weighted by molar-refractivity contribution is 5.94. The number of para-hydroxylation sites is 1. The lowest BCUT2D eigenvalue weighted by atomic mass is 10.1. The molecule has 0 atom stereocenters. The Morgan fingerprint density at radius 3 is 2.56 bits per heavy atom. The number of anilines is 1. The Morgan fingerprint density at radius 1 is 1.20 bits per heavy atom. The first-order chi connectivity index (χ1) is 11.6. The van der Waals surface area contributed by atoms with E-state index in [0.717, 1.165) is 22.6 Å². The van der Waals surface area contributed by atoms with E-state index in [1.165, 1.54) is 5.56 Å². The monoisotopic (exact) mass is 360 g/mol. The molecule has 25 heavy (non-hydrogen) atoms. The summed E-state index contributed by atoms with van der Waals surface area (Å²) in [6, 6.07) is 13.7. The number of carbonyl (C=O) groups excluding carboxylic acids is 1. The average molecular weight is 361 g/mol. The van der Waals surface area contributed by atoms with Crippen LogP contribution in [0.25, 0.3) is 0 Å². The van der Waals surface area contributed by atoms with Gasteiger partial charge < -0.3 is 15.4 Å². The minimum atomic E-state index is -0.128. The van der Waals surface area contributed by atoms with Crippen LogP contribution in [0.2, 0.25) is 0 Å². The van der Waals surface area contributed by atoms with Crippen LogP contribution in [0.1, 0.15) is 16.7 Å². The summed E-state index contributed by atoms with van der Waals surface area (Å²) in [4.78, 5) is 14.1. The van der Waals surface area contributed by atoms with Crippen molar-refractivity contribution in [3.63, 3.8) is 0 Å². The van der Waals surface area contributed by atoms with Crippen molar-refractivity contribution in [3.8, 4) is 5.75 Å². The van der Waals surface area contributed by atoms with Crippen molar-refractivity contribution < 1.29 is 9.53 Å². The van der Waals surface area contributed by atoms with Crippen molar-refractivity contribution in [2.45, 2.75) is 20.4 Å². The van der Waals surface area contributed by atoms with E-state index in [4.69, 9.17) is 10.5 Å². The van der Waals surface area contributed by atoms with Gasteiger partial charge in [-0.25, -0.2) is 0 Å². The van der Waals surface area contributed by atoms with Gasteiger partial charge in [0.15, 0.2) is 0 Å². The third kappa shape index (κ3) is 5.34. The Labute approximate surface area is 155 Å². The van der Waals surface area contributed by atoms with Gasteiger partial charge in [0.2, 0.25) is 5.91 Å². The molecule has 4 nitrogen and oxygen atoms in total. The number of hydrogen-bond acceptors (Lipinski definition) is 3. The molecule has 0 heterocycles. The van der Waals surface area contributed by atoms with Gasteiger partial charge in [0.05, 0.1) is 13.1 Å². The van der Waals surface area contributed by atoms with Crippen LogP contribution in [-0.2, 0) is 11.3 Å². The number of nitrogens with zero attached hydrogens (tertiary/aromatic N) is 1. The summed E-state index contributed by atoms with van der Waals surface area (Å²) in [6.45, 7) is 8.54. The van der Waals surface area contributed by atoms with Crippen LogP contribution < -0.4 is 15.4 Å². The Kier molecular flexibility index (Phi) is 8.19. The number of benzene rings is 2. The highest BCUT2D eigenvalue weighted by Gasteiger charge is 2.17. The molecule has 2 aromatic rings. The maximum absolute atomic E-state index is 12.4. The van der Waals surface area contributed by atoms with Crippen molar-refractivity contribution in [3.05, 3.63) is 71.8 Å². The van der Waals surface area contributed by atoms with E-state index in [1.807, 2.05) is 56.3 Å².